The average Bonchev–Trinajstić information content (AvgIpc) is 2.24. The van der Waals surface area contributed by atoms with Crippen molar-refractivity contribution in [1.29, 1.82) is 0 Å². The molecule has 0 aromatic heterocycles. The number of hydrogen-bond donors (Lipinski definition) is 0. The molecule has 0 fully saturated rings. The van der Waals surface area contributed by atoms with Gasteiger partial charge in [0.2, 0.25) is 0 Å². The quantitative estimate of drug-likeness (QED) is 0.572. The van der Waals surface area contributed by atoms with Gasteiger partial charge in [0.05, 0.1) is 13.2 Å². The van der Waals surface area contributed by atoms with Crippen molar-refractivity contribution in [2.75, 3.05) is 19.8 Å². The average molecular weight is 252 g/mol. The predicted octanol–water partition coefficient (Wildman–Crippen LogP) is 3.17. The molecule has 0 saturated heterocycles. The minimum atomic E-state index is -4.31. The van der Waals surface area contributed by atoms with E-state index in [1.54, 1.807) is 6.07 Å². The van der Waals surface area contributed by atoms with Gasteiger partial charge in [-0.3, -0.25) is 0 Å². The molecule has 0 bridgehead atoms. The molecule has 17 heavy (non-hydrogen) atoms. The monoisotopic (exact) mass is 252 g/mol. The summed E-state index contributed by atoms with van der Waals surface area (Å²) in [4.78, 5) is 0. The summed E-state index contributed by atoms with van der Waals surface area (Å²) < 4.78 is 57.4. The highest BCUT2D eigenvalue weighted by molar-refractivity contribution is 5.23. The molecule has 0 unspecified atom stereocenters. The topological polar surface area (TPSA) is 18.5 Å². The van der Waals surface area contributed by atoms with E-state index in [1.807, 2.05) is 0 Å². The minimum absolute atomic E-state index is 0.0754. The number of alkyl halides is 3. The summed E-state index contributed by atoms with van der Waals surface area (Å²) in [6, 6.07) is 5.83. The lowest BCUT2D eigenvalue weighted by Crippen LogP contribution is -2.18. The van der Waals surface area contributed by atoms with E-state index >= 15 is 0 Å². The minimum Gasteiger partial charge on any atom is -0.490 e. The molecule has 0 N–H and O–H groups in total. The van der Waals surface area contributed by atoms with E-state index < -0.39 is 18.6 Å². The largest absolute Gasteiger partial charge is 0.490 e. The molecule has 6 heteroatoms. The Labute approximate surface area is 96.1 Å². The number of halogens is 4. The van der Waals surface area contributed by atoms with E-state index in [0.29, 0.717) is 0 Å². The van der Waals surface area contributed by atoms with Crippen molar-refractivity contribution in [3.05, 3.63) is 30.1 Å². The van der Waals surface area contributed by atoms with Gasteiger partial charge in [-0.2, -0.15) is 13.2 Å². The summed E-state index contributed by atoms with van der Waals surface area (Å²) in [5.74, 6) is -0.410. The Hall–Kier alpha value is -1.30. The van der Waals surface area contributed by atoms with Gasteiger partial charge < -0.3 is 9.47 Å². The van der Waals surface area contributed by atoms with Gasteiger partial charge in [-0.25, -0.2) is 4.39 Å². The van der Waals surface area contributed by atoms with Crippen molar-refractivity contribution < 1.29 is 27.0 Å². The number of rotatable bonds is 6. The van der Waals surface area contributed by atoms with Crippen molar-refractivity contribution in [2.24, 2.45) is 0 Å². The molecule has 1 rings (SSSR count). The maximum atomic E-state index is 13.0. The van der Waals surface area contributed by atoms with Crippen molar-refractivity contribution in [3.63, 3.8) is 0 Å². The van der Waals surface area contributed by atoms with Crippen molar-refractivity contribution in [3.8, 4) is 5.75 Å². The van der Waals surface area contributed by atoms with E-state index in [0.717, 1.165) is 0 Å². The van der Waals surface area contributed by atoms with Crippen LogP contribution in [-0.2, 0) is 4.74 Å². The van der Waals surface area contributed by atoms with Crippen LogP contribution >= 0.6 is 0 Å². The van der Waals surface area contributed by atoms with Crippen LogP contribution < -0.4 is 4.74 Å². The second-order valence-electron chi connectivity index (χ2n) is 3.30. The smallest absolute Gasteiger partial charge is 0.411 e. The first-order chi connectivity index (χ1) is 7.99. The van der Waals surface area contributed by atoms with Gasteiger partial charge in [0.25, 0.3) is 0 Å². The summed E-state index contributed by atoms with van der Waals surface area (Å²) in [6.07, 6.45) is -4.04. The molecule has 0 atom stereocenters. The van der Waals surface area contributed by atoms with Gasteiger partial charge in [0.15, 0.2) is 11.6 Å². The zero-order valence-corrected chi connectivity index (χ0v) is 8.97. The highest BCUT2D eigenvalue weighted by Gasteiger charge is 2.27. The van der Waals surface area contributed by atoms with Crippen LogP contribution in [0.5, 0.6) is 5.75 Å². The van der Waals surface area contributed by atoms with E-state index in [4.69, 9.17) is 4.74 Å². The van der Waals surface area contributed by atoms with Gasteiger partial charge in [-0.15, -0.1) is 0 Å². The van der Waals surface area contributed by atoms with E-state index in [2.05, 4.69) is 4.74 Å². The fourth-order valence-corrected chi connectivity index (χ4v) is 1.09. The van der Waals surface area contributed by atoms with Crippen LogP contribution in [0.25, 0.3) is 0 Å². The summed E-state index contributed by atoms with van der Waals surface area (Å²) >= 11 is 0. The van der Waals surface area contributed by atoms with Crippen LogP contribution in [0.2, 0.25) is 0 Å². The van der Waals surface area contributed by atoms with Gasteiger partial charge in [0.1, 0.15) is 6.61 Å². The van der Waals surface area contributed by atoms with Gasteiger partial charge in [-0.1, -0.05) is 12.1 Å². The normalized spacial score (nSPS) is 11.5. The zero-order valence-electron chi connectivity index (χ0n) is 8.97. The molecule has 0 aliphatic carbocycles. The van der Waals surface area contributed by atoms with E-state index in [-0.39, 0.29) is 25.4 Å². The number of para-hydroxylation sites is 1. The van der Waals surface area contributed by atoms with Crippen molar-refractivity contribution in [2.45, 2.75) is 12.6 Å². The van der Waals surface area contributed by atoms with Crippen LogP contribution in [0.1, 0.15) is 6.42 Å². The first kappa shape index (κ1) is 13.8. The Kier molecular flexibility index (Phi) is 5.21. The summed E-state index contributed by atoms with van der Waals surface area (Å²) in [6.45, 7) is -1.24. The lowest BCUT2D eigenvalue weighted by Gasteiger charge is -2.08. The van der Waals surface area contributed by atoms with Gasteiger partial charge in [-0.05, 0) is 12.1 Å². The Morgan fingerprint density at radius 1 is 1.06 bits per heavy atom. The standard InChI is InChI=1S/C11H12F4O2/c12-9-4-1-2-5-10(9)17-7-3-6-16-8-11(13,14)15/h1-2,4-5H,3,6-8H2. The Morgan fingerprint density at radius 3 is 2.41 bits per heavy atom. The third-order valence-corrected chi connectivity index (χ3v) is 1.79. The van der Waals surface area contributed by atoms with Gasteiger partial charge >= 0.3 is 6.18 Å². The Balaban J connectivity index is 2.11. The molecule has 0 heterocycles. The second-order valence-corrected chi connectivity index (χ2v) is 3.30. The van der Waals surface area contributed by atoms with Crippen LogP contribution in [0.15, 0.2) is 24.3 Å². The number of hydrogen-bond acceptors (Lipinski definition) is 2. The summed E-state index contributed by atoms with van der Waals surface area (Å²) in [7, 11) is 0. The first-order valence-electron chi connectivity index (χ1n) is 5.01. The highest BCUT2D eigenvalue weighted by Crippen LogP contribution is 2.16. The Bertz CT molecular complexity index is 338. The molecule has 0 saturated carbocycles. The molecule has 0 amide bonds. The third-order valence-electron chi connectivity index (χ3n) is 1.79. The van der Waals surface area contributed by atoms with Gasteiger partial charge in [0, 0.05) is 6.42 Å². The molecule has 1 aromatic carbocycles. The summed E-state index contributed by atoms with van der Waals surface area (Å²) in [5, 5.41) is 0. The molecule has 96 valence electrons. The molecule has 0 aliphatic rings. The Morgan fingerprint density at radius 2 is 1.76 bits per heavy atom. The number of ether oxygens (including phenoxy) is 2. The fourth-order valence-electron chi connectivity index (χ4n) is 1.09. The van der Waals surface area contributed by atoms with Crippen LogP contribution in [0.3, 0.4) is 0 Å². The van der Waals surface area contributed by atoms with Crippen LogP contribution in [0.4, 0.5) is 17.6 Å². The fraction of sp³-hybridized carbons (Fsp3) is 0.455. The zero-order chi connectivity index (χ0) is 12.7. The van der Waals surface area contributed by atoms with E-state index in [9.17, 15) is 17.6 Å². The molecule has 0 spiro atoms. The predicted molar refractivity (Wildman–Crippen MR) is 53.4 cm³/mol. The maximum Gasteiger partial charge on any atom is 0.411 e. The lowest BCUT2D eigenvalue weighted by molar-refractivity contribution is -0.174. The SMILES string of the molecule is Fc1ccccc1OCCCOCC(F)(F)F. The molecule has 1 aromatic rings. The molecular formula is C11H12F4O2. The van der Waals surface area contributed by atoms with E-state index in [1.165, 1.54) is 18.2 Å². The van der Waals surface area contributed by atoms with Crippen LogP contribution in [0, 0.1) is 5.82 Å². The molecular weight excluding hydrogens is 240 g/mol. The molecule has 0 aliphatic heterocycles. The maximum absolute atomic E-state index is 13.0. The lowest BCUT2D eigenvalue weighted by atomic mass is 10.3. The van der Waals surface area contributed by atoms with Crippen LogP contribution in [-0.4, -0.2) is 26.0 Å². The molecule has 2 nitrogen and oxygen atoms in total. The third kappa shape index (κ3) is 6.11. The van der Waals surface area contributed by atoms with Crippen molar-refractivity contribution >= 4 is 0 Å². The molecule has 0 radical (unpaired) electrons. The first-order valence-corrected chi connectivity index (χ1v) is 5.01. The number of benzene rings is 1. The van der Waals surface area contributed by atoms with Crippen molar-refractivity contribution in [1.82, 2.24) is 0 Å². The second kappa shape index (κ2) is 6.44. The highest BCUT2D eigenvalue weighted by atomic mass is 19.4. The summed E-state index contributed by atoms with van der Waals surface area (Å²) in [5.41, 5.74) is 0.